The summed E-state index contributed by atoms with van der Waals surface area (Å²) in [5, 5.41) is 12.3. The lowest BCUT2D eigenvalue weighted by Gasteiger charge is -2.10. The predicted molar refractivity (Wildman–Crippen MR) is 120 cm³/mol. The van der Waals surface area contributed by atoms with Crippen LogP contribution in [0.4, 0.5) is 5.69 Å². The number of benzene rings is 2. The number of thioether (sulfide) groups is 1. The third-order valence-corrected chi connectivity index (χ3v) is 5.56. The molecular formula is C23H22N4O3S. The number of furan rings is 1. The highest BCUT2D eigenvalue weighted by molar-refractivity contribution is 7.99. The Labute approximate surface area is 184 Å². The number of hydrogen-bond donors (Lipinski definition) is 1. The molecule has 0 aliphatic carbocycles. The van der Waals surface area contributed by atoms with E-state index in [1.807, 2.05) is 72.2 Å². The fourth-order valence-electron chi connectivity index (χ4n) is 3.10. The molecule has 0 aliphatic heterocycles. The number of nitrogens with zero attached hydrogens (tertiary/aromatic N) is 3. The SMILES string of the molecule is COc1ccc(-c2nnc(SCC(=O)Nc3cccc(C)c3)n2Cc2ccco2)cc1. The molecule has 2 heterocycles. The zero-order valence-electron chi connectivity index (χ0n) is 17.2. The summed E-state index contributed by atoms with van der Waals surface area (Å²) in [6.07, 6.45) is 1.63. The lowest BCUT2D eigenvalue weighted by molar-refractivity contribution is -0.113. The van der Waals surface area contributed by atoms with Gasteiger partial charge in [0.25, 0.3) is 0 Å². The molecule has 0 aliphatic rings. The van der Waals surface area contributed by atoms with Gasteiger partial charge in [0.1, 0.15) is 11.5 Å². The molecule has 2 aromatic heterocycles. The maximum absolute atomic E-state index is 12.5. The van der Waals surface area contributed by atoms with Crippen LogP contribution in [0.1, 0.15) is 11.3 Å². The van der Waals surface area contributed by atoms with Gasteiger partial charge in [-0.1, -0.05) is 23.9 Å². The van der Waals surface area contributed by atoms with Crippen molar-refractivity contribution in [3.8, 4) is 17.1 Å². The summed E-state index contributed by atoms with van der Waals surface area (Å²) in [5.74, 6) is 2.35. The smallest absolute Gasteiger partial charge is 0.234 e. The zero-order valence-corrected chi connectivity index (χ0v) is 18.1. The van der Waals surface area contributed by atoms with Gasteiger partial charge in [-0.15, -0.1) is 10.2 Å². The van der Waals surface area contributed by atoms with Crippen molar-refractivity contribution >= 4 is 23.4 Å². The molecular weight excluding hydrogens is 412 g/mol. The Balaban J connectivity index is 1.53. The average Bonchev–Trinajstić information content (AvgIpc) is 3.43. The van der Waals surface area contributed by atoms with Gasteiger partial charge in [-0.3, -0.25) is 9.36 Å². The second-order valence-electron chi connectivity index (χ2n) is 6.91. The lowest BCUT2D eigenvalue weighted by Crippen LogP contribution is -2.15. The van der Waals surface area contributed by atoms with Crippen molar-refractivity contribution in [1.82, 2.24) is 14.8 Å². The summed E-state index contributed by atoms with van der Waals surface area (Å²) in [7, 11) is 1.63. The average molecular weight is 435 g/mol. The van der Waals surface area contributed by atoms with E-state index in [2.05, 4.69) is 15.5 Å². The van der Waals surface area contributed by atoms with Gasteiger partial charge in [0.15, 0.2) is 11.0 Å². The van der Waals surface area contributed by atoms with Gasteiger partial charge in [-0.2, -0.15) is 0 Å². The van der Waals surface area contributed by atoms with E-state index in [9.17, 15) is 4.79 Å². The van der Waals surface area contributed by atoms with Crippen LogP contribution in [0.2, 0.25) is 0 Å². The van der Waals surface area contributed by atoms with Gasteiger partial charge >= 0.3 is 0 Å². The van der Waals surface area contributed by atoms with Crippen LogP contribution in [0, 0.1) is 6.92 Å². The molecule has 7 nitrogen and oxygen atoms in total. The molecule has 0 bridgehead atoms. The Morgan fingerprint density at radius 1 is 1.13 bits per heavy atom. The van der Waals surface area contributed by atoms with Crippen molar-refractivity contribution in [2.75, 3.05) is 18.2 Å². The fraction of sp³-hybridized carbons (Fsp3) is 0.174. The van der Waals surface area contributed by atoms with Gasteiger partial charge in [0, 0.05) is 11.3 Å². The largest absolute Gasteiger partial charge is 0.497 e. The van der Waals surface area contributed by atoms with E-state index < -0.39 is 0 Å². The van der Waals surface area contributed by atoms with E-state index in [1.54, 1.807) is 13.4 Å². The molecule has 158 valence electrons. The van der Waals surface area contributed by atoms with Crippen molar-refractivity contribution in [2.45, 2.75) is 18.6 Å². The Hall–Kier alpha value is -3.52. The van der Waals surface area contributed by atoms with Crippen LogP contribution in [-0.2, 0) is 11.3 Å². The van der Waals surface area contributed by atoms with Crippen molar-refractivity contribution < 1.29 is 13.9 Å². The normalized spacial score (nSPS) is 10.8. The number of anilines is 1. The van der Waals surface area contributed by atoms with Gasteiger partial charge in [-0.05, 0) is 61.0 Å². The Morgan fingerprint density at radius 3 is 2.68 bits per heavy atom. The van der Waals surface area contributed by atoms with Crippen molar-refractivity contribution in [3.63, 3.8) is 0 Å². The number of methoxy groups -OCH3 is 1. The maximum atomic E-state index is 12.5. The van der Waals surface area contributed by atoms with Crippen LogP contribution in [-0.4, -0.2) is 33.5 Å². The van der Waals surface area contributed by atoms with E-state index in [0.717, 1.165) is 28.3 Å². The topological polar surface area (TPSA) is 82.2 Å². The van der Waals surface area contributed by atoms with Gasteiger partial charge < -0.3 is 14.5 Å². The van der Waals surface area contributed by atoms with E-state index in [4.69, 9.17) is 9.15 Å². The van der Waals surface area contributed by atoms with Gasteiger partial charge in [0.2, 0.25) is 5.91 Å². The van der Waals surface area contributed by atoms with E-state index in [-0.39, 0.29) is 11.7 Å². The number of amides is 1. The number of aromatic nitrogens is 3. The molecule has 4 aromatic rings. The summed E-state index contributed by atoms with van der Waals surface area (Å²) < 4.78 is 12.7. The predicted octanol–water partition coefficient (Wildman–Crippen LogP) is 4.63. The Bertz CT molecular complexity index is 1150. The van der Waals surface area contributed by atoms with E-state index >= 15 is 0 Å². The highest BCUT2D eigenvalue weighted by Gasteiger charge is 2.17. The Kier molecular flexibility index (Phi) is 6.37. The summed E-state index contributed by atoms with van der Waals surface area (Å²) in [6.45, 7) is 2.45. The van der Waals surface area contributed by atoms with Crippen LogP contribution >= 0.6 is 11.8 Å². The molecule has 0 fully saturated rings. The second kappa shape index (κ2) is 9.53. The molecule has 0 saturated carbocycles. The first kappa shape index (κ1) is 20.7. The first-order valence-corrected chi connectivity index (χ1v) is 10.7. The number of aryl methyl sites for hydroxylation is 1. The molecule has 31 heavy (non-hydrogen) atoms. The van der Waals surface area contributed by atoms with E-state index in [1.165, 1.54) is 11.8 Å². The molecule has 1 amide bonds. The standard InChI is InChI=1S/C23H22N4O3S/c1-16-5-3-6-18(13-16)24-21(28)15-31-23-26-25-22(17-8-10-19(29-2)11-9-17)27(23)14-20-7-4-12-30-20/h3-13H,14-15H2,1-2H3,(H,24,28). The molecule has 0 spiro atoms. The lowest BCUT2D eigenvalue weighted by atomic mass is 10.2. The third kappa shape index (κ3) is 5.16. The van der Waals surface area contributed by atoms with Crippen LogP contribution in [0.3, 0.4) is 0 Å². The van der Waals surface area contributed by atoms with Crippen molar-refractivity contribution in [3.05, 3.63) is 78.3 Å². The monoisotopic (exact) mass is 434 g/mol. The highest BCUT2D eigenvalue weighted by atomic mass is 32.2. The van der Waals surface area contributed by atoms with Crippen LogP contribution in [0.5, 0.6) is 5.75 Å². The summed E-state index contributed by atoms with van der Waals surface area (Å²) >= 11 is 1.33. The second-order valence-corrected chi connectivity index (χ2v) is 7.85. The number of rotatable bonds is 8. The zero-order chi connectivity index (χ0) is 21.6. The molecule has 1 N–H and O–H groups in total. The molecule has 0 saturated heterocycles. The summed E-state index contributed by atoms with van der Waals surface area (Å²) in [4.78, 5) is 12.5. The fourth-order valence-corrected chi connectivity index (χ4v) is 3.84. The Morgan fingerprint density at radius 2 is 1.97 bits per heavy atom. The number of hydrogen-bond acceptors (Lipinski definition) is 6. The molecule has 0 unspecified atom stereocenters. The minimum atomic E-state index is -0.103. The summed E-state index contributed by atoms with van der Waals surface area (Å²) in [6, 6.07) is 19.1. The van der Waals surface area contributed by atoms with Gasteiger partial charge in [0.05, 0.1) is 25.7 Å². The first-order chi connectivity index (χ1) is 15.1. The molecule has 0 atom stereocenters. The molecule has 8 heteroatoms. The number of carbonyl (C=O) groups is 1. The van der Waals surface area contributed by atoms with Crippen LogP contribution in [0.15, 0.2) is 76.5 Å². The van der Waals surface area contributed by atoms with Crippen LogP contribution < -0.4 is 10.1 Å². The highest BCUT2D eigenvalue weighted by Crippen LogP contribution is 2.27. The van der Waals surface area contributed by atoms with Crippen molar-refractivity contribution in [1.29, 1.82) is 0 Å². The minimum Gasteiger partial charge on any atom is -0.497 e. The van der Waals surface area contributed by atoms with Crippen molar-refractivity contribution in [2.24, 2.45) is 0 Å². The molecule has 2 aromatic carbocycles. The van der Waals surface area contributed by atoms with E-state index in [0.29, 0.717) is 17.5 Å². The van der Waals surface area contributed by atoms with Crippen LogP contribution in [0.25, 0.3) is 11.4 Å². The summed E-state index contributed by atoms with van der Waals surface area (Å²) in [5.41, 5.74) is 2.77. The quantitative estimate of drug-likeness (QED) is 0.407. The number of carbonyl (C=O) groups excluding carboxylic acids is 1. The number of ether oxygens (including phenoxy) is 1. The first-order valence-electron chi connectivity index (χ1n) is 9.71. The third-order valence-electron chi connectivity index (χ3n) is 4.59. The minimum absolute atomic E-state index is 0.103. The van der Waals surface area contributed by atoms with Gasteiger partial charge in [-0.25, -0.2) is 0 Å². The number of nitrogens with one attached hydrogen (secondary N) is 1. The molecule has 4 rings (SSSR count). The maximum Gasteiger partial charge on any atom is 0.234 e. The molecule has 0 radical (unpaired) electrons.